The van der Waals surface area contributed by atoms with E-state index in [-0.39, 0.29) is 0 Å². The SMILES string of the molecule is COc1ccc(NCc2cc(Br)c(OCc3ccccc3)c(Br)c2)cc1. The molecule has 0 aromatic heterocycles. The van der Waals surface area contributed by atoms with Crippen LogP contribution in [0.3, 0.4) is 0 Å². The van der Waals surface area contributed by atoms with Crippen LogP contribution in [0.2, 0.25) is 0 Å². The van der Waals surface area contributed by atoms with Crippen LogP contribution in [-0.2, 0) is 13.2 Å². The fraction of sp³-hybridized carbons (Fsp3) is 0.143. The highest BCUT2D eigenvalue weighted by Gasteiger charge is 2.09. The topological polar surface area (TPSA) is 30.5 Å². The van der Waals surface area contributed by atoms with Crippen LogP contribution in [-0.4, -0.2) is 7.11 Å². The molecule has 0 aliphatic carbocycles. The van der Waals surface area contributed by atoms with Gasteiger partial charge in [0.05, 0.1) is 16.1 Å². The zero-order valence-corrected chi connectivity index (χ0v) is 17.5. The summed E-state index contributed by atoms with van der Waals surface area (Å²) in [5, 5.41) is 3.41. The number of nitrogens with one attached hydrogen (secondary N) is 1. The fourth-order valence-corrected chi connectivity index (χ4v) is 4.01. The van der Waals surface area contributed by atoms with Gasteiger partial charge in [-0.2, -0.15) is 0 Å². The molecule has 26 heavy (non-hydrogen) atoms. The van der Waals surface area contributed by atoms with Crippen LogP contribution in [0, 0.1) is 0 Å². The molecular weight excluding hydrogens is 458 g/mol. The molecule has 134 valence electrons. The van der Waals surface area contributed by atoms with Crippen LogP contribution >= 0.6 is 31.9 Å². The van der Waals surface area contributed by atoms with E-state index < -0.39 is 0 Å². The zero-order valence-electron chi connectivity index (χ0n) is 14.3. The highest BCUT2D eigenvalue weighted by atomic mass is 79.9. The van der Waals surface area contributed by atoms with Crippen molar-refractivity contribution in [1.82, 2.24) is 0 Å². The van der Waals surface area contributed by atoms with Gasteiger partial charge in [0.25, 0.3) is 0 Å². The van der Waals surface area contributed by atoms with Gasteiger partial charge >= 0.3 is 0 Å². The number of halogens is 2. The Labute approximate surface area is 170 Å². The largest absolute Gasteiger partial charge is 0.497 e. The molecule has 0 amide bonds. The van der Waals surface area contributed by atoms with E-state index in [1.54, 1.807) is 7.11 Å². The summed E-state index contributed by atoms with van der Waals surface area (Å²) in [7, 11) is 1.67. The number of hydrogen-bond donors (Lipinski definition) is 1. The van der Waals surface area contributed by atoms with E-state index in [1.165, 1.54) is 0 Å². The maximum atomic E-state index is 5.97. The number of benzene rings is 3. The van der Waals surface area contributed by atoms with Crippen LogP contribution in [0.15, 0.2) is 75.7 Å². The molecule has 0 saturated carbocycles. The van der Waals surface area contributed by atoms with Gasteiger partial charge in [-0.1, -0.05) is 30.3 Å². The molecule has 0 radical (unpaired) electrons. The molecule has 3 rings (SSSR count). The van der Waals surface area contributed by atoms with Crippen LogP contribution in [0.1, 0.15) is 11.1 Å². The van der Waals surface area contributed by atoms with Crippen molar-refractivity contribution in [1.29, 1.82) is 0 Å². The smallest absolute Gasteiger partial charge is 0.148 e. The van der Waals surface area contributed by atoms with E-state index in [2.05, 4.69) is 61.4 Å². The second-order valence-corrected chi connectivity index (χ2v) is 7.45. The molecule has 0 saturated heterocycles. The number of anilines is 1. The minimum atomic E-state index is 0.529. The molecule has 0 fully saturated rings. The normalized spacial score (nSPS) is 10.4. The first-order valence-corrected chi connectivity index (χ1v) is 9.77. The van der Waals surface area contributed by atoms with Crippen molar-refractivity contribution >= 4 is 37.5 Å². The molecule has 5 heteroatoms. The number of rotatable bonds is 7. The Morgan fingerprint density at radius 3 is 2.12 bits per heavy atom. The standard InChI is InChI=1S/C21H19Br2NO2/c1-25-18-9-7-17(8-10-18)24-13-16-11-19(22)21(20(23)12-16)26-14-15-5-3-2-4-6-15/h2-12,24H,13-14H2,1H3. The highest BCUT2D eigenvalue weighted by Crippen LogP contribution is 2.35. The average Bonchev–Trinajstić information content (AvgIpc) is 2.67. The van der Waals surface area contributed by atoms with E-state index in [0.717, 1.165) is 37.3 Å². The molecule has 0 spiro atoms. The highest BCUT2D eigenvalue weighted by molar-refractivity contribution is 9.11. The third kappa shape index (κ3) is 5.02. The van der Waals surface area contributed by atoms with Crippen LogP contribution in [0.25, 0.3) is 0 Å². The Hall–Kier alpha value is -1.98. The van der Waals surface area contributed by atoms with Crippen molar-refractivity contribution in [2.45, 2.75) is 13.2 Å². The lowest BCUT2D eigenvalue weighted by atomic mass is 10.2. The molecule has 3 aromatic carbocycles. The summed E-state index contributed by atoms with van der Waals surface area (Å²) in [4.78, 5) is 0. The first kappa shape index (κ1) is 18.8. The lowest BCUT2D eigenvalue weighted by Crippen LogP contribution is -2.01. The van der Waals surface area contributed by atoms with Gasteiger partial charge in [-0.25, -0.2) is 0 Å². The van der Waals surface area contributed by atoms with Crippen molar-refractivity contribution < 1.29 is 9.47 Å². The zero-order chi connectivity index (χ0) is 18.4. The van der Waals surface area contributed by atoms with Crippen molar-refractivity contribution in [2.24, 2.45) is 0 Å². The third-order valence-corrected chi connectivity index (χ3v) is 5.05. The van der Waals surface area contributed by atoms with Crippen molar-refractivity contribution in [3.05, 3.63) is 86.8 Å². The first-order valence-electron chi connectivity index (χ1n) is 8.18. The predicted molar refractivity (Wildman–Crippen MR) is 113 cm³/mol. The summed E-state index contributed by atoms with van der Waals surface area (Å²) in [6.07, 6.45) is 0. The Balaban J connectivity index is 1.64. The minimum Gasteiger partial charge on any atom is -0.497 e. The molecule has 0 unspecified atom stereocenters. The summed E-state index contributed by atoms with van der Waals surface area (Å²) in [5.74, 6) is 1.66. The van der Waals surface area contributed by atoms with Crippen LogP contribution in [0.4, 0.5) is 5.69 Å². The van der Waals surface area contributed by atoms with Gasteiger partial charge in [0.15, 0.2) is 0 Å². The summed E-state index contributed by atoms with van der Waals surface area (Å²) in [5.41, 5.74) is 3.32. The number of methoxy groups -OCH3 is 1. The van der Waals surface area contributed by atoms with Gasteiger partial charge in [-0.05, 0) is 79.4 Å². The van der Waals surface area contributed by atoms with Gasteiger partial charge in [0, 0.05) is 12.2 Å². The van der Waals surface area contributed by atoms with E-state index in [1.807, 2.05) is 42.5 Å². The van der Waals surface area contributed by atoms with Crippen LogP contribution in [0.5, 0.6) is 11.5 Å². The molecule has 0 bridgehead atoms. The molecule has 3 aromatic rings. The van der Waals surface area contributed by atoms with E-state index in [9.17, 15) is 0 Å². The fourth-order valence-electron chi connectivity index (χ4n) is 2.50. The second kappa shape index (κ2) is 9.10. The molecule has 1 N–H and O–H groups in total. The Kier molecular flexibility index (Phi) is 6.58. The van der Waals surface area contributed by atoms with Crippen molar-refractivity contribution in [3.63, 3.8) is 0 Å². The van der Waals surface area contributed by atoms with Crippen LogP contribution < -0.4 is 14.8 Å². The Bertz CT molecular complexity index is 829. The quantitative estimate of drug-likeness (QED) is 0.427. The Morgan fingerprint density at radius 1 is 0.846 bits per heavy atom. The molecule has 0 heterocycles. The molecule has 0 atom stereocenters. The van der Waals surface area contributed by atoms with Crippen molar-refractivity contribution in [3.8, 4) is 11.5 Å². The van der Waals surface area contributed by atoms with Gasteiger partial charge in [0.2, 0.25) is 0 Å². The van der Waals surface area contributed by atoms with E-state index in [4.69, 9.17) is 9.47 Å². The Morgan fingerprint density at radius 2 is 1.50 bits per heavy atom. The summed E-state index contributed by atoms with van der Waals surface area (Å²) in [6, 6.07) is 22.1. The molecule has 0 aliphatic heterocycles. The lowest BCUT2D eigenvalue weighted by molar-refractivity contribution is 0.302. The first-order chi connectivity index (χ1) is 12.7. The van der Waals surface area contributed by atoms with Gasteiger partial charge in [-0.3, -0.25) is 0 Å². The average molecular weight is 477 g/mol. The predicted octanol–water partition coefficient (Wildman–Crippen LogP) is 6.41. The van der Waals surface area contributed by atoms with Gasteiger partial charge < -0.3 is 14.8 Å². The maximum absolute atomic E-state index is 5.97. The lowest BCUT2D eigenvalue weighted by Gasteiger charge is -2.13. The minimum absolute atomic E-state index is 0.529. The summed E-state index contributed by atoms with van der Waals surface area (Å²) in [6.45, 7) is 1.24. The monoisotopic (exact) mass is 475 g/mol. The number of hydrogen-bond acceptors (Lipinski definition) is 3. The summed E-state index contributed by atoms with van der Waals surface area (Å²) < 4.78 is 13.0. The van der Waals surface area contributed by atoms with E-state index in [0.29, 0.717) is 13.2 Å². The van der Waals surface area contributed by atoms with Crippen molar-refractivity contribution in [2.75, 3.05) is 12.4 Å². The van der Waals surface area contributed by atoms with Gasteiger partial charge in [-0.15, -0.1) is 0 Å². The molecule has 3 nitrogen and oxygen atoms in total. The summed E-state index contributed by atoms with van der Waals surface area (Å²) >= 11 is 7.23. The second-order valence-electron chi connectivity index (χ2n) is 5.74. The third-order valence-electron chi connectivity index (χ3n) is 3.87. The van der Waals surface area contributed by atoms with E-state index >= 15 is 0 Å². The molecule has 0 aliphatic rings. The maximum Gasteiger partial charge on any atom is 0.148 e. The van der Waals surface area contributed by atoms with Gasteiger partial charge in [0.1, 0.15) is 18.1 Å². The molecular formula is C21H19Br2NO2. The number of ether oxygens (including phenoxy) is 2.